The molecule has 2 aromatic rings. The molecule has 2 nitrogen and oxygen atoms in total. The molecule has 1 aliphatic carbocycles. The fourth-order valence-corrected chi connectivity index (χ4v) is 3.68. The average molecular weight is 310 g/mol. The lowest BCUT2D eigenvalue weighted by molar-refractivity contribution is 0.103. The zero-order valence-corrected chi connectivity index (χ0v) is 12.3. The van der Waals surface area contributed by atoms with E-state index in [1.54, 1.807) is 6.07 Å². The summed E-state index contributed by atoms with van der Waals surface area (Å²) < 4.78 is 13.7. The zero-order chi connectivity index (χ0) is 14.1. The van der Waals surface area contributed by atoms with E-state index in [1.165, 1.54) is 46.8 Å². The summed E-state index contributed by atoms with van der Waals surface area (Å²) in [7, 11) is 0. The molecule has 0 bridgehead atoms. The molecule has 1 N–H and O–H groups in total. The van der Waals surface area contributed by atoms with Gasteiger partial charge in [0.2, 0.25) is 0 Å². The minimum absolute atomic E-state index is 0.158. The Hall–Kier alpha value is -1.39. The largest absolute Gasteiger partial charge is 0.319 e. The fourth-order valence-electron chi connectivity index (χ4n) is 2.38. The maximum atomic E-state index is 13.7. The van der Waals surface area contributed by atoms with Gasteiger partial charge in [0.1, 0.15) is 5.82 Å². The number of amides is 1. The van der Waals surface area contributed by atoms with E-state index in [4.69, 9.17) is 11.6 Å². The molecular weight excluding hydrogens is 297 g/mol. The Kier molecular flexibility index (Phi) is 3.76. The first-order valence-corrected chi connectivity index (χ1v) is 7.71. The lowest BCUT2D eigenvalue weighted by Gasteiger charge is -2.08. The number of benzene rings is 1. The standard InChI is InChI=1S/C15H13ClFNOS/c16-10-5-6-12(11(17)8-10)18-15(19)14-7-9-3-1-2-4-13(9)20-14/h5-8H,1-4H2,(H,18,19). The molecule has 0 atom stereocenters. The molecule has 1 heterocycles. The van der Waals surface area contributed by atoms with Crippen molar-refractivity contribution in [2.75, 3.05) is 5.32 Å². The van der Waals surface area contributed by atoms with E-state index in [0.717, 1.165) is 12.8 Å². The number of thiophene rings is 1. The maximum absolute atomic E-state index is 13.7. The van der Waals surface area contributed by atoms with E-state index in [2.05, 4.69) is 5.32 Å². The maximum Gasteiger partial charge on any atom is 0.265 e. The molecule has 0 fully saturated rings. The molecule has 0 unspecified atom stereocenters. The van der Waals surface area contributed by atoms with Crippen LogP contribution in [0.3, 0.4) is 0 Å². The van der Waals surface area contributed by atoms with Gasteiger partial charge in [-0.15, -0.1) is 11.3 Å². The van der Waals surface area contributed by atoms with Crippen LogP contribution in [0.5, 0.6) is 0 Å². The summed E-state index contributed by atoms with van der Waals surface area (Å²) in [5, 5.41) is 2.91. The summed E-state index contributed by atoms with van der Waals surface area (Å²) in [6.07, 6.45) is 4.44. The van der Waals surface area contributed by atoms with E-state index in [9.17, 15) is 9.18 Å². The fraction of sp³-hybridized carbons (Fsp3) is 0.267. The second-order valence-corrected chi connectivity index (χ2v) is 6.42. The molecule has 0 saturated carbocycles. The van der Waals surface area contributed by atoms with E-state index < -0.39 is 5.82 Å². The molecular formula is C15H13ClFNOS. The summed E-state index contributed by atoms with van der Waals surface area (Å²) in [6, 6.07) is 6.15. The first kappa shape index (κ1) is 13.6. The van der Waals surface area contributed by atoms with Crippen molar-refractivity contribution in [3.63, 3.8) is 0 Å². The van der Waals surface area contributed by atoms with E-state index in [0.29, 0.717) is 9.90 Å². The highest BCUT2D eigenvalue weighted by Crippen LogP contribution is 2.30. The van der Waals surface area contributed by atoms with Crippen LogP contribution in [0.2, 0.25) is 5.02 Å². The van der Waals surface area contributed by atoms with Gasteiger partial charge in [0.25, 0.3) is 5.91 Å². The van der Waals surface area contributed by atoms with Gasteiger partial charge in [0.15, 0.2) is 0 Å². The highest BCUT2D eigenvalue weighted by molar-refractivity contribution is 7.14. The van der Waals surface area contributed by atoms with Crippen molar-refractivity contribution in [3.05, 3.63) is 50.4 Å². The summed E-state index contributed by atoms with van der Waals surface area (Å²) in [6.45, 7) is 0. The Bertz CT molecular complexity index is 644. The summed E-state index contributed by atoms with van der Waals surface area (Å²) in [5.74, 6) is -0.780. The number of halogens is 2. The summed E-state index contributed by atoms with van der Waals surface area (Å²) >= 11 is 7.20. The minimum Gasteiger partial charge on any atom is -0.319 e. The monoisotopic (exact) mass is 309 g/mol. The van der Waals surface area contributed by atoms with Gasteiger partial charge >= 0.3 is 0 Å². The van der Waals surface area contributed by atoms with Crippen molar-refractivity contribution in [3.8, 4) is 0 Å². The van der Waals surface area contributed by atoms with Crippen LogP contribution in [0, 0.1) is 5.82 Å². The van der Waals surface area contributed by atoms with Crippen LogP contribution in [0.25, 0.3) is 0 Å². The van der Waals surface area contributed by atoms with E-state index >= 15 is 0 Å². The SMILES string of the molecule is O=C(Nc1ccc(Cl)cc1F)c1cc2c(s1)CCCC2. The second kappa shape index (κ2) is 5.54. The molecule has 1 aromatic carbocycles. The van der Waals surface area contributed by atoms with Crippen molar-refractivity contribution in [2.24, 2.45) is 0 Å². The van der Waals surface area contributed by atoms with Gasteiger partial charge in [-0.3, -0.25) is 4.79 Å². The van der Waals surface area contributed by atoms with Crippen LogP contribution in [-0.2, 0) is 12.8 Å². The molecule has 104 valence electrons. The molecule has 1 aromatic heterocycles. The van der Waals surface area contributed by atoms with Crippen molar-refractivity contribution in [1.29, 1.82) is 0 Å². The van der Waals surface area contributed by atoms with Gasteiger partial charge < -0.3 is 5.32 Å². The topological polar surface area (TPSA) is 29.1 Å². The Morgan fingerprint density at radius 2 is 2.05 bits per heavy atom. The predicted molar refractivity (Wildman–Crippen MR) is 80.3 cm³/mol. The number of aryl methyl sites for hydroxylation is 2. The normalized spacial score (nSPS) is 13.9. The Morgan fingerprint density at radius 3 is 2.80 bits per heavy atom. The number of fused-ring (bicyclic) bond motifs is 1. The zero-order valence-electron chi connectivity index (χ0n) is 10.7. The lowest BCUT2D eigenvalue weighted by Crippen LogP contribution is -2.11. The smallest absolute Gasteiger partial charge is 0.265 e. The first-order valence-electron chi connectivity index (χ1n) is 6.51. The number of carbonyl (C=O) groups excluding carboxylic acids is 1. The highest BCUT2D eigenvalue weighted by atomic mass is 35.5. The number of hydrogen-bond acceptors (Lipinski definition) is 2. The van der Waals surface area contributed by atoms with Crippen LogP contribution in [-0.4, -0.2) is 5.91 Å². The third-order valence-electron chi connectivity index (χ3n) is 3.40. The molecule has 5 heteroatoms. The number of nitrogens with one attached hydrogen (secondary N) is 1. The number of carbonyl (C=O) groups is 1. The van der Waals surface area contributed by atoms with Crippen LogP contribution in [0.1, 0.15) is 33.0 Å². The van der Waals surface area contributed by atoms with Gasteiger partial charge in [-0.05, 0) is 55.5 Å². The Balaban J connectivity index is 1.80. The van der Waals surface area contributed by atoms with Gasteiger partial charge in [-0.2, -0.15) is 0 Å². The van der Waals surface area contributed by atoms with Crippen molar-refractivity contribution < 1.29 is 9.18 Å². The number of hydrogen-bond donors (Lipinski definition) is 1. The van der Waals surface area contributed by atoms with Gasteiger partial charge in [-0.25, -0.2) is 4.39 Å². The van der Waals surface area contributed by atoms with E-state index in [-0.39, 0.29) is 11.6 Å². The van der Waals surface area contributed by atoms with Gasteiger partial charge in [-0.1, -0.05) is 11.6 Å². The molecule has 20 heavy (non-hydrogen) atoms. The lowest BCUT2D eigenvalue weighted by atomic mass is 9.99. The number of rotatable bonds is 2. The van der Waals surface area contributed by atoms with E-state index in [1.807, 2.05) is 6.07 Å². The third kappa shape index (κ3) is 2.72. The quantitative estimate of drug-likeness (QED) is 0.858. The highest BCUT2D eigenvalue weighted by Gasteiger charge is 2.18. The molecule has 1 aliphatic rings. The van der Waals surface area contributed by atoms with Crippen molar-refractivity contribution in [1.82, 2.24) is 0 Å². The number of anilines is 1. The Labute approximate surface area is 125 Å². The molecule has 3 rings (SSSR count). The van der Waals surface area contributed by atoms with Crippen molar-refractivity contribution >= 4 is 34.5 Å². The molecule has 1 amide bonds. The third-order valence-corrected chi connectivity index (χ3v) is 4.87. The predicted octanol–water partition coefficient (Wildman–Crippen LogP) is 4.67. The molecule has 0 radical (unpaired) electrons. The average Bonchev–Trinajstić information content (AvgIpc) is 2.86. The van der Waals surface area contributed by atoms with Crippen LogP contribution in [0.15, 0.2) is 24.3 Å². The van der Waals surface area contributed by atoms with Gasteiger partial charge in [0, 0.05) is 9.90 Å². The molecule has 0 spiro atoms. The van der Waals surface area contributed by atoms with Gasteiger partial charge in [0.05, 0.1) is 10.6 Å². The van der Waals surface area contributed by atoms with Crippen LogP contribution < -0.4 is 5.32 Å². The summed E-state index contributed by atoms with van der Waals surface area (Å²) in [4.78, 5) is 14.1. The first-order chi connectivity index (χ1) is 9.63. The second-order valence-electron chi connectivity index (χ2n) is 4.84. The molecule has 0 aliphatic heterocycles. The minimum atomic E-state index is -0.521. The van der Waals surface area contributed by atoms with Crippen LogP contribution >= 0.6 is 22.9 Å². The summed E-state index contributed by atoms with van der Waals surface area (Å²) in [5.41, 5.74) is 1.42. The van der Waals surface area contributed by atoms with Crippen LogP contribution in [0.4, 0.5) is 10.1 Å². The van der Waals surface area contributed by atoms with Crippen molar-refractivity contribution in [2.45, 2.75) is 25.7 Å². The molecule has 0 saturated heterocycles. The Morgan fingerprint density at radius 1 is 1.25 bits per heavy atom.